The molecule has 0 aliphatic rings. The van der Waals surface area contributed by atoms with Crippen LogP contribution in [0.15, 0.2) is 45.9 Å². The van der Waals surface area contributed by atoms with Crippen molar-refractivity contribution in [3.05, 3.63) is 52.9 Å². The van der Waals surface area contributed by atoms with Gasteiger partial charge in [0.1, 0.15) is 10.7 Å². The zero-order valence-electron chi connectivity index (χ0n) is 10.3. The summed E-state index contributed by atoms with van der Waals surface area (Å²) in [5.74, 6) is 0.321. The SMILES string of the molecule is O=S(=O)(NCc1ccco1)c1cc(C(F)(F)F)ccc1Cl. The quantitative estimate of drug-likeness (QED) is 0.928. The van der Waals surface area contributed by atoms with E-state index >= 15 is 0 Å². The second kappa shape index (κ2) is 5.70. The molecule has 0 spiro atoms. The van der Waals surface area contributed by atoms with E-state index in [0.717, 1.165) is 6.07 Å². The lowest BCUT2D eigenvalue weighted by molar-refractivity contribution is -0.137. The highest BCUT2D eigenvalue weighted by atomic mass is 35.5. The van der Waals surface area contributed by atoms with Crippen LogP contribution in [0, 0.1) is 0 Å². The molecule has 2 aromatic rings. The van der Waals surface area contributed by atoms with Crippen LogP contribution in [0.25, 0.3) is 0 Å². The molecular formula is C12H9ClF3NO3S. The number of hydrogen-bond donors (Lipinski definition) is 1. The molecule has 1 aromatic carbocycles. The van der Waals surface area contributed by atoms with E-state index < -0.39 is 26.7 Å². The van der Waals surface area contributed by atoms with Crippen molar-refractivity contribution in [1.29, 1.82) is 0 Å². The van der Waals surface area contributed by atoms with Crippen molar-refractivity contribution in [2.75, 3.05) is 0 Å². The summed E-state index contributed by atoms with van der Waals surface area (Å²) < 4.78 is 69.0. The van der Waals surface area contributed by atoms with Gasteiger partial charge in [-0.15, -0.1) is 0 Å². The van der Waals surface area contributed by atoms with Crippen molar-refractivity contribution in [3.63, 3.8) is 0 Å². The first kappa shape index (κ1) is 15.9. The average molecular weight is 340 g/mol. The lowest BCUT2D eigenvalue weighted by Gasteiger charge is -2.11. The molecule has 0 unspecified atom stereocenters. The molecule has 0 radical (unpaired) electrons. The van der Waals surface area contributed by atoms with Gasteiger partial charge in [0.15, 0.2) is 0 Å². The van der Waals surface area contributed by atoms with Crippen molar-refractivity contribution in [1.82, 2.24) is 4.72 Å². The van der Waals surface area contributed by atoms with Crippen LogP contribution in [0.2, 0.25) is 5.02 Å². The molecule has 0 aliphatic carbocycles. The van der Waals surface area contributed by atoms with E-state index in [-0.39, 0.29) is 11.6 Å². The van der Waals surface area contributed by atoms with Gasteiger partial charge in [0.05, 0.1) is 23.4 Å². The van der Waals surface area contributed by atoms with Crippen molar-refractivity contribution in [2.24, 2.45) is 0 Å². The molecule has 0 atom stereocenters. The molecule has 0 aliphatic heterocycles. The van der Waals surface area contributed by atoms with Crippen LogP contribution in [0.1, 0.15) is 11.3 Å². The van der Waals surface area contributed by atoms with E-state index in [4.69, 9.17) is 16.0 Å². The Labute approximate surface area is 123 Å². The summed E-state index contributed by atoms with van der Waals surface area (Å²) in [6.45, 7) is -0.193. The summed E-state index contributed by atoms with van der Waals surface area (Å²) in [6.07, 6.45) is -3.31. The molecule has 21 heavy (non-hydrogen) atoms. The summed E-state index contributed by atoms with van der Waals surface area (Å²) in [5, 5.41) is -0.296. The second-order valence-electron chi connectivity index (χ2n) is 4.05. The lowest BCUT2D eigenvalue weighted by Crippen LogP contribution is -2.24. The molecule has 1 N–H and O–H groups in total. The monoisotopic (exact) mass is 339 g/mol. The maximum atomic E-state index is 12.6. The number of halogens is 4. The van der Waals surface area contributed by atoms with E-state index in [1.165, 1.54) is 12.3 Å². The van der Waals surface area contributed by atoms with Crippen LogP contribution in [-0.2, 0) is 22.7 Å². The van der Waals surface area contributed by atoms with Gasteiger partial charge in [-0.05, 0) is 30.3 Å². The minimum absolute atomic E-state index is 0.193. The van der Waals surface area contributed by atoms with E-state index in [1.54, 1.807) is 6.07 Å². The first-order valence-electron chi connectivity index (χ1n) is 5.59. The van der Waals surface area contributed by atoms with Crippen LogP contribution in [0.3, 0.4) is 0 Å². The summed E-state index contributed by atoms with van der Waals surface area (Å²) in [5.41, 5.74) is -1.09. The number of alkyl halides is 3. The van der Waals surface area contributed by atoms with Gasteiger partial charge in [0.25, 0.3) is 0 Å². The fraction of sp³-hybridized carbons (Fsp3) is 0.167. The summed E-state index contributed by atoms with van der Waals surface area (Å²) in [4.78, 5) is -0.634. The van der Waals surface area contributed by atoms with Crippen molar-refractivity contribution in [2.45, 2.75) is 17.6 Å². The molecule has 0 bridgehead atoms. The molecular weight excluding hydrogens is 331 g/mol. The first-order chi connectivity index (χ1) is 9.70. The fourth-order valence-electron chi connectivity index (χ4n) is 1.54. The van der Waals surface area contributed by atoms with E-state index in [9.17, 15) is 21.6 Å². The van der Waals surface area contributed by atoms with Gasteiger partial charge < -0.3 is 4.42 Å². The zero-order valence-corrected chi connectivity index (χ0v) is 11.9. The number of nitrogens with one attached hydrogen (secondary N) is 1. The molecule has 1 heterocycles. The van der Waals surface area contributed by atoms with Gasteiger partial charge >= 0.3 is 6.18 Å². The Morgan fingerprint density at radius 1 is 1.24 bits per heavy atom. The van der Waals surface area contributed by atoms with Crippen molar-refractivity contribution in [3.8, 4) is 0 Å². The Morgan fingerprint density at radius 2 is 1.95 bits per heavy atom. The molecule has 0 saturated heterocycles. The molecule has 2 rings (SSSR count). The van der Waals surface area contributed by atoms with E-state index in [0.29, 0.717) is 17.9 Å². The second-order valence-corrected chi connectivity index (χ2v) is 6.19. The van der Waals surface area contributed by atoms with E-state index in [2.05, 4.69) is 4.72 Å². The first-order valence-corrected chi connectivity index (χ1v) is 7.45. The van der Waals surface area contributed by atoms with Crippen LogP contribution in [-0.4, -0.2) is 8.42 Å². The minimum atomic E-state index is -4.66. The predicted octanol–water partition coefficient (Wildman–Crippen LogP) is 3.43. The van der Waals surface area contributed by atoms with Crippen LogP contribution in [0.5, 0.6) is 0 Å². The zero-order chi connectivity index (χ0) is 15.7. The smallest absolute Gasteiger partial charge is 0.416 e. The van der Waals surface area contributed by atoms with Crippen LogP contribution >= 0.6 is 11.6 Å². The number of rotatable bonds is 4. The Kier molecular flexibility index (Phi) is 4.31. The average Bonchev–Trinajstić information content (AvgIpc) is 2.88. The highest BCUT2D eigenvalue weighted by molar-refractivity contribution is 7.89. The highest BCUT2D eigenvalue weighted by Crippen LogP contribution is 2.33. The van der Waals surface area contributed by atoms with Crippen LogP contribution in [0.4, 0.5) is 13.2 Å². The molecule has 4 nitrogen and oxygen atoms in total. The van der Waals surface area contributed by atoms with Gasteiger partial charge in [-0.25, -0.2) is 13.1 Å². The molecule has 0 fully saturated rings. The molecule has 0 saturated carbocycles. The number of sulfonamides is 1. The summed E-state index contributed by atoms with van der Waals surface area (Å²) in [7, 11) is -4.19. The normalized spacial score (nSPS) is 12.6. The van der Waals surface area contributed by atoms with Crippen molar-refractivity contribution < 1.29 is 26.0 Å². The third-order valence-electron chi connectivity index (χ3n) is 2.56. The Bertz CT molecular complexity index is 727. The third-order valence-corrected chi connectivity index (χ3v) is 4.45. The summed E-state index contributed by atoms with van der Waals surface area (Å²) >= 11 is 5.68. The van der Waals surface area contributed by atoms with Crippen molar-refractivity contribution >= 4 is 21.6 Å². The van der Waals surface area contributed by atoms with Crippen LogP contribution < -0.4 is 4.72 Å². The highest BCUT2D eigenvalue weighted by Gasteiger charge is 2.32. The maximum Gasteiger partial charge on any atom is 0.416 e. The standard InChI is InChI=1S/C12H9ClF3NO3S/c13-10-4-3-8(12(14,15)16)6-11(10)21(18,19)17-7-9-2-1-5-20-9/h1-6,17H,7H2. The number of benzene rings is 1. The maximum absolute atomic E-state index is 12.6. The van der Waals surface area contributed by atoms with Gasteiger partial charge in [-0.1, -0.05) is 11.6 Å². The largest absolute Gasteiger partial charge is 0.468 e. The predicted molar refractivity (Wildman–Crippen MR) is 69.2 cm³/mol. The van der Waals surface area contributed by atoms with Gasteiger partial charge in [-0.2, -0.15) is 13.2 Å². The molecule has 0 amide bonds. The molecule has 1 aromatic heterocycles. The third kappa shape index (κ3) is 3.78. The minimum Gasteiger partial charge on any atom is -0.468 e. The van der Waals surface area contributed by atoms with Gasteiger partial charge in [0.2, 0.25) is 10.0 Å². The Morgan fingerprint density at radius 3 is 2.52 bits per heavy atom. The van der Waals surface area contributed by atoms with Gasteiger partial charge in [0, 0.05) is 0 Å². The summed E-state index contributed by atoms with van der Waals surface area (Å²) in [6, 6.07) is 5.18. The molecule has 9 heteroatoms. The van der Waals surface area contributed by atoms with E-state index in [1.807, 2.05) is 0 Å². The topological polar surface area (TPSA) is 59.3 Å². The van der Waals surface area contributed by atoms with Gasteiger partial charge in [-0.3, -0.25) is 0 Å². The number of furan rings is 1. The lowest BCUT2D eigenvalue weighted by atomic mass is 10.2. The Hall–Kier alpha value is -1.51. The fourth-order valence-corrected chi connectivity index (χ4v) is 3.06. The number of hydrogen-bond acceptors (Lipinski definition) is 3. The Balaban J connectivity index is 2.31. The molecule has 114 valence electrons.